The first-order valence-electron chi connectivity index (χ1n) is 11.6. The van der Waals surface area contributed by atoms with E-state index in [-0.39, 0.29) is 24.3 Å². The Bertz CT molecular complexity index is 1120. The minimum Gasteiger partial charge on any atom is -0.348 e. The number of nitrogens with one attached hydrogen (secondary N) is 3. The molecule has 1 heterocycles. The van der Waals surface area contributed by atoms with Crippen LogP contribution in [0.4, 0.5) is 5.82 Å². The Hall–Kier alpha value is -3.07. The molecule has 8 heteroatoms. The number of pyridine rings is 1. The quantitative estimate of drug-likeness (QED) is 0.320. The van der Waals surface area contributed by atoms with E-state index in [1.807, 2.05) is 56.6 Å². The van der Waals surface area contributed by atoms with Crippen molar-refractivity contribution in [2.24, 2.45) is 0 Å². The zero-order valence-corrected chi connectivity index (χ0v) is 21.9. The molecule has 0 spiro atoms. The van der Waals surface area contributed by atoms with E-state index in [1.54, 1.807) is 12.3 Å². The van der Waals surface area contributed by atoms with Gasteiger partial charge in [0.2, 0.25) is 5.91 Å². The molecular formula is C27H32BrN5O2. The Morgan fingerprint density at radius 1 is 1.03 bits per heavy atom. The number of carbonyl (C=O) groups is 2. The van der Waals surface area contributed by atoms with E-state index in [2.05, 4.69) is 60.8 Å². The van der Waals surface area contributed by atoms with Crippen molar-refractivity contribution in [3.05, 3.63) is 82.5 Å². The zero-order valence-electron chi connectivity index (χ0n) is 20.3. The summed E-state index contributed by atoms with van der Waals surface area (Å²) in [6, 6.07) is 18.8. The largest absolute Gasteiger partial charge is 0.348 e. The van der Waals surface area contributed by atoms with Crippen LogP contribution >= 0.6 is 15.9 Å². The average Bonchev–Trinajstić information content (AvgIpc) is 2.83. The summed E-state index contributed by atoms with van der Waals surface area (Å²) in [5.74, 6) is 0.0420. The topological polar surface area (TPSA) is 86.4 Å². The third kappa shape index (κ3) is 8.58. The molecule has 0 aliphatic heterocycles. The van der Waals surface area contributed by atoms with Gasteiger partial charge in [-0.05, 0) is 77.9 Å². The van der Waals surface area contributed by atoms with Crippen molar-refractivity contribution < 1.29 is 9.59 Å². The average molecular weight is 538 g/mol. The van der Waals surface area contributed by atoms with Crippen molar-refractivity contribution in [2.45, 2.75) is 19.4 Å². The summed E-state index contributed by atoms with van der Waals surface area (Å²) in [5, 5.41) is 9.14. The molecule has 3 N–H and O–H groups in total. The number of hydrogen-bond donors (Lipinski definition) is 3. The highest BCUT2D eigenvalue weighted by molar-refractivity contribution is 9.10. The molecule has 3 rings (SSSR count). The number of aromatic nitrogens is 1. The molecule has 2 amide bonds. The molecule has 184 valence electrons. The number of likely N-dealkylation sites (N-methyl/N-ethyl adjacent to an activating group) is 1. The molecule has 0 bridgehead atoms. The van der Waals surface area contributed by atoms with Crippen molar-refractivity contribution in [2.75, 3.05) is 39.0 Å². The normalized spacial score (nSPS) is 11.8. The molecule has 0 aliphatic rings. The van der Waals surface area contributed by atoms with Gasteiger partial charge >= 0.3 is 0 Å². The third-order valence-corrected chi connectivity index (χ3v) is 5.96. The van der Waals surface area contributed by atoms with E-state index in [0.717, 1.165) is 28.7 Å². The van der Waals surface area contributed by atoms with E-state index in [0.29, 0.717) is 17.9 Å². The van der Waals surface area contributed by atoms with Crippen molar-refractivity contribution >= 4 is 33.6 Å². The van der Waals surface area contributed by atoms with Crippen LogP contribution in [0, 0.1) is 6.92 Å². The lowest BCUT2D eigenvalue weighted by Gasteiger charge is -2.20. The van der Waals surface area contributed by atoms with Gasteiger partial charge in [-0.25, -0.2) is 4.98 Å². The van der Waals surface area contributed by atoms with Crippen molar-refractivity contribution in [1.29, 1.82) is 0 Å². The smallest absolute Gasteiger partial charge is 0.251 e. The van der Waals surface area contributed by atoms with Gasteiger partial charge in [0.15, 0.2) is 0 Å². The van der Waals surface area contributed by atoms with Crippen molar-refractivity contribution in [3.63, 3.8) is 0 Å². The Labute approximate surface area is 215 Å². The van der Waals surface area contributed by atoms with E-state index in [4.69, 9.17) is 0 Å². The summed E-state index contributed by atoms with van der Waals surface area (Å²) in [4.78, 5) is 31.9. The van der Waals surface area contributed by atoms with Gasteiger partial charge in [0.1, 0.15) is 5.82 Å². The maximum atomic E-state index is 13.0. The molecule has 0 fully saturated rings. The zero-order chi connectivity index (χ0) is 25.2. The summed E-state index contributed by atoms with van der Waals surface area (Å²) in [6.45, 7) is 4.15. The van der Waals surface area contributed by atoms with E-state index in [1.165, 1.54) is 5.56 Å². The van der Waals surface area contributed by atoms with Gasteiger partial charge in [-0.2, -0.15) is 0 Å². The highest BCUT2D eigenvalue weighted by Crippen LogP contribution is 2.23. The van der Waals surface area contributed by atoms with Gasteiger partial charge in [0, 0.05) is 42.3 Å². The van der Waals surface area contributed by atoms with Gasteiger partial charge in [0.05, 0.1) is 6.04 Å². The molecule has 2 aromatic carbocycles. The lowest BCUT2D eigenvalue weighted by atomic mass is 9.99. The van der Waals surface area contributed by atoms with Crippen LogP contribution < -0.4 is 16.0 Å². The Kier molecular flexibility index (Phi) is 9.96. The SMILES string of the molecule is Cc1ccccc1-c1ccc(C(=O)NC(CNCCN(C)C)CC(=O)Nc2ccc(Br)cn2)cc1. The number of aryl methyl sites for hydroxylation is 1. The number of nitrogens with zero attached hydrogens (tertiary/aromatic N) is 2. The summed E-state index contributed by atoms with van der Waals surface area (Å²) >= 11 is 3.33. The Morgan fingerprint density at radius 2 is 1.77 bits per heavy atom. The monoisotopic (exact) mass is 537 g/mol. The maximum Gasteiger partial charge on any atom is 0.251 e. The fourth-order valence-electron chi connectivity index (χ4n) is 3.59. The second-order valence-corrected chi connectivity index (χ2v) is 9.60. The number of anilines is 1. The fourth-order valence-corrected chi connectivity index (χ4v) is 3.82. The minimum absolute atomic E-state index is 0.125. The van der Waals surface area contributed by atoms with E-state index < -0.39 is 0 Å². The molecule has 1 atom stereocenters. The number of benzene rings is 2. The van der Waals surface area contributed by atoms with Crippen LogP contribution in [-0.4, -0.2) is 61.5 Å². The lowest BCUT2D eigenvalue weighted by molar-refractivity contribution is -0.116. The predicted octanol–water partition coefficient (Wildman–Crippen LogP) is 4.10. The van der Waals surface area contributed by atoms with Crippen molar-refractivity contribution in [1.82, 2.24) is 20.5 Å². The first kappa shape index (κ1) is 26.5. The van der Waals surface area contributed by atoms with Crippen molar-refractivity contribution in [3.8, 4) is 11.1 Å². The summed E-state index contributed by atoms with van der Waals surface area (Å²) < 4.78 is 0.833. The van der Waals surface area contributed by atoms with Crippen LogP contribution in [0.15, 0.2) is 71.3 Å². The number of rotatable bonds is 11. The van der Waals surface area contributed by atoms with Crippen LogP contribution in [-0.2, 0) is 4.79 Å². The Balaban J connectivity index is 1.64. The van der Waals surface area contributed by atoms with Crippen LogP contribution in [0.3, 0.4) is 0 Å². The number of carbonyl (C=O) groups excluding carboxylic acids is 2. The van der Waals surface area contributed by atoms with Gasteiger partial charge in [0.25, 0.3) is 5.91 Å². The first-order chi connectivity index (χ1) is 16.8. The molecule has 0 saturated heterocycles. The molecular weight excluding hydrogens is 506 g/mol. The van der Waals surface area contributed by atoms with E-state index >= 15 is 0 Å². The molecule has 1 aromatic heterocycles. The summed E-state index contributed by atoms with van der Waals surface area (Å²) in [6.07, 6.45) is 1.75. The van der Waals surface area contributed by atoms with Crippen LogP contribution in [0.2, 0.25) is 0 Å². The highest BCUT2D eigenvalue weighted by atomic mass is 79.9. The van der Waals surface area contributed by atoms with Gasteiger partial charge < -0.3 is 20.9 Å². The minimum atomic E-state index is -0.379. The van der Waals surface area contributed by atoms with Crippen LogP contribution in [0.25, 0.3) is 11.1 Å². The van der Waals surface area contributed by atoms with Gasteiger partial charge in [-0.15, -0.1) is 0 Å². The second-order valence-electron chi connectivity index (χ2n) is 8.68. The Morgan fingerprint density at radius 3 is 2.43 bits per heavy atom. The van der Waals surface area contributed by atoms with Gasteiger partial charge in [-0.1, -0.05) is 36.4 Å². The molecule has 0 radical (unpaired) electrons. The summed E-state index contributed by atoms with van der Waals surface area (Å²) in [7, 11) is 4.00. The molecule has 0 saturated carbocycles. The molecule has 1 unspecified atom stereocenters. The molecule has 0 aliphatic carbocycles. The van der Waals surface area contributed by atoms with Crippen LogP contribution in [0.5, 0.6) is 0 Å². The maximum absolute atomic E-state index is 13.0. The fraction of sp³-hybridized carbons (Fsp3) is 0.296. The van der Waals surface area contributed by atoms with Crippen LogP contribution in [0.1, 0.15) is 22.3 Å². The number of halogens is 1. The molecule has 7 nitrogen and oxygen atoms in total. The number of hydrogen-bond acceptors (Lipinski definition) is 5. The second kappa shape index (κ2) is 13.1. The molecule has 35 heavy (non-hydrogen) atoms. The standard InChI is InChI=1S/C27H32BrN5O2/c1-19-6-4-5-7-24(19)20-8-10-21(11-9-20)27(35)31-23(18-29-14-15-33(2)3)16-26(34)32-25-13-12-22(28)17-30-25/h4-13,17,23,29H,14-16,18H2,1-3H3,(H,31,35)(H,30,32,34). The third-order valence-electron chi connectivity index (χ3n) is 5.49. The predicted molar refractivity (Wildman–Crippen MR) is 144 cm³/mol. The lowest BCUT2D eigenvalue weighted by Crippen LogP contribution is -2.45. The highest BCUT2D eigenvalue weighted by Gasteiger charge is 2.18. The first-order valence-corrected chi connectivity index (χ1v) is 12.3. The van der Waals surface area contributed by atoms with E-state index in [9.17, 15) is 9.59 Å². The molecule has 3 aromatic rings. The van der Waals surface area contributed by atoms with Gasteiger partial charge in [-0.3, -0.25) is 9.59 Å². The summed E-state index contributed by atoms with van der Waals surface area (Å²) in [5.41, 5.74) is 3.93. The number of amides is 2.